The Hall–Kier alpha value is -1.28. The molecule has 124 valence electrons. The number of aliphatic imine (C=N–C) groups is 1. The Balaban J connectivity index is 0.00000441. The Labute approximate surface area is 150 Å². The second-order valence-electron chi connectivity index (χ2n) is 4.39. The molecule has 0 amide bonds. The number of halogens is 1. The molecular formula is C16H26IN3O2. The molecule has 0 aliphatic rings. The molecule has 1 rings (SSSR count). The first-order valence-corrected chi connectivity index (χ1v) is 7.21. The number of hydrogen-bond donors (Lipinski definition) is 2. The molecule has 0 aliphatic heterocycles. The van der Waals surface area contributed by atoms with Gasteiger partial charge >= 0.3 is 0 Å². The Bertz CT molecular complexity index is 453. The molecular weight excluding hydrogens is 393 g/mol. The molecule has 6 heteroatoms. The first-order chi connectivity index (χ1) is 10.3. The Kier molecular flexibility index (Phi) is 12.6. The number of benzene rings is 1. The van der Waals surface area contributed by atoms with Crippen LogP contribution in [-0.2, 0) is 11.3 Å². The molecule has 22 heavy (non-hydrogen) atoms. The average Bonchev–Trinajstić information content (AvgIpc) is 2.51. The third-order valence-electron chi connectivity index (χ3n) is 2.72. The van der Waals surface area contributed by atoms with Gasteiger partial charge in [0.15, 0.2) is 5.96 Å². The number of nitrogens with zero attached hydrogens (tertiary/aromatic N) is 1. The van der Waals surface area contributed by atoms with E-state index < -0.39 is 0 Å². The van der Waals surface area contributed by atoms with Crippen molar-refractivity contribution in [1.29, 1.82) is 0 Å². The first-order valence-electron chi connectivity index (χ1n) is 7.21. The predicted octanol–water partition coefficient (Wildman–Crippen LogP) is 2.70. The number of rotatable bonds is 10. The van der Waals surface area contributed by atoms with Gasteiger partial charge in [0.05, 0.1) is 6.54 Å². The largest absolute Gasteiger partial charge is 0.489 e. The van der Waals surface area contributed by atoms with Gasteiger partial charge in [0.25, 0.3) is 0 Å². The van der Waals surface area contributed by atoms with Gasteiger partial charge in [-0.25, -0.2) is 4.99 Å². The van der Waals surface area contributed by atoms with Crippen molar-refractivity contribution in [2.24, 2.45) is 10.7 Å². The smallest absolute Gasteiger partial charge is 0.188 e. The number of ether oxygens (including phenoxy) is 2. The SMILES string of the molecule is C=CCOc1ccccc1CN=C(N)NCCCOCC.I. The van der Waals surface area contributed by atoms with Crippen LogP contribution >= 0.6 is 24.0 Å². The Morgan fingerprint density at radius 3 is 2.91 bits per heavy atom. The van der Waals surface area contributed by atoms with E-state index >= 15 is 0 Å². The quantitative estimate of drug-likeness (QED) is 0.201. The summed E-state index contributed by atoms with van der Waals surface area (Å²) in [6, 6.07) is 7.78. The van der Waals surface area contributed by atoms with E-state index in [9.17, 15) is 0 Å². The van der Waals surface area contributed by atoms with E-state index in [1.165, 1.54) is 0 Å². The van der Waals surface area contributed by atoms with E-state index in [1.54, 1.807) is 6.08 Å². The highest BCUT2D eigenvalue weighted by atomic mass is 127. The normalized spacial score (nSPS) is 10.7. The zero-order chi connectivity index (χ0) is 15.3. The van der Waals surface area contributed by atoms with Crippen molar-refractivity contribution in [1.82, 2.24) is 5.32 Å². The summed E-state index contributed by atoms with van der Waals surface area (Å²) in [4.78, 5) is 4.32. The molecule has 3 N–H and O–H groups in total. The molecule has 1 aromatic carbocycles. The number of hydrogen-bond acceptors (Lipinski definition) is 3. The number of nitrogens with two attached hydrogens (primary N) is 1. The van der Waals surface area contributed by atoms with Gasteiger partial charge in [-0.15, -0.1) is 24.0 Å². The molecule has 0 atom stereocenters. The summed E-state index contributed by atoms with van der Waals surface area (Å²) in [5.41, 5.74) is 6.83. The summed E-state index contributed by atoms with van der Waals surface area (Å²) in [6.45, 7) is 8.81. The van der Waals surface area contributed by atoms with Crippen molar-refractivity contribution < 1.29 is 9.47 Å². The third kappa shape index (κ3) is 8.89. The fourth-order valence-electron chi connectivity index (χ4n) is 1.69. The van der Waals surface area contributed by atoms with Gasteiger partial charge in [-0.05, 0) is 19.4 Å². The van der Waals surface area contributed by atoms with Crippen LogP contribution in [0.25, 0.3) is 0 Å². The topological polar surface area (TPSA) is 68.9 Å². The maximum absolute atomic E-state index is 5.83. The first kappa shape index (κ1) is 20.7. The molecule has 0 fully saturated rings. The standard InChI is InChI=1S/C16H25N3O2.HI/c1-3-11-21-15-9-6-5-8-14(15)13-19-16(17)18-10-7-12-20-4-2;/h3,5-6,8-9H,1,4,7,10-13H2,2H3,(H3,17,18,19);1H. The number of guanidine groups is 1. The van der Waals surface area contributed by atoms with Gasteiger partial charge < -0.3 is 20.5 Å². The van der Waals surface area contributed by atoms with Crippen LogP contribution in [0.4, 0.5) is 0 Å². The van der Waals surface area contributed by atoms with Crippen molar-refractivity contribution in [3.63, 3.8) is 0 Å². The number of nitrogens with one attached hydrogen (secondary N) is 1. The summed E-state index contributed by atoms with van der Waals surface area (Å²) < 4.78 is 10.8. The van der Waals surface area contributed by atoms with Crippen LogP contribution in [-0.4, -0.2) is 32.3 Å². The van der Waals surface area contributed by atoms with E-state index in [4.69, 9.17) is 15.2 Å². The summed E-state index contributed by atoms with van der Waals surface area (Å²) in [5.74, 6) is 1.25. The van der Waals surface area contributed by atoms with E-state index in [-0.39, 0.29) is 24.0 Å². The lowest BCUT2D eigenvalue weighted by atomic mass is 10.2. The van der Waals surface area contributed by atoms with E-state index in [2.05, 4.69) is 16.9 Å². The minimum absolute atomic E-state index is 0. The predicted molar refractivity (Wildman–Crippen MR) is 102 cm³/mol. The maximum Gasteiger partial charge on any atom is 0.188 e. The van der Waals surface area contributed by atoms with Crippen LogP contribution in [0, 0.1) is 0 Å². The molecule has 0 saturated carbocycles. The minimum Gasteiger partial charge on any atom is -0.489 e. The van der Waals surface area contributed by atoms with Crippen LogP contribution in [0.3, 0.4) is 0 Å². The van der Waals surface area contributed by atoms with Crippen LogP contribution in [0.15, 0.2) is 41.9 Å². The lowest BCUT2D eigenvalue weighted by Crippen LogP contribution is -2.32. The maximum atomic E-state index is 5.83. The minimum atomic E-state index is 0. The molecule has 0 saturated heterocycles. The second kappa shape index (κ2) is 13.4. The highest BCUT2D eigenvalue weighted by Crippen LogP contribution is 2.18. The fraction of sp³-hybridized carbons (Fsp3) is 0.438. The van der Waals surface area contributed by atoms with Gasteiger partial charge in [-0.1, -0.05) is 30.9 Å². The molecule has 0 aliphatic carbocycles. The molecule has 0 bridgehead atoms. The Morgan fingerprint density at radius 1 is 1.41 bits per heavy atom. The monoisotopic (exact) mass is 419 g/mol. The van der Waals surface area contributed by atoms with E-state index in [0.717, 1.165) is 37.5 Å². The summed E-state index contributed by atoms with van der Waals surface area (Å²) in [5, 5.41) is 3.07. The summed E-state index contributed by atoms with van der Waals surface area (Å²) >= 11 is 0. The zero-order valence-corrected chi connectivity index (χ0v) is 15.4. The molecule has 1 aromatic rings. The van der Waals surface area contributed by atoms with Crippen molar-refractivity contribution in [3.05, 3.63) is 42.5 Å². The van der Waals surface area contributed by atoms with E-state index in [1.807, 2.05) is 31.2 Å². The lowest BCUT2D eigenvalue weighted by molar-refractivity contribution is 0.145. The molecule has 0 aromatic heterocycles. The van der Waals surface area contributed by atoms with Crippen LogP contribution in [0.2, 0.25) is 0 Å². The average molecular weight is 419 g/mol. The Morgan fingerprint density at radius 2 is 2.18 bits per heavy atom. The molecule has 0 radical (unpaired) electrons. The van der Waals surface area contributed by atoms with Crippen LogP contribution in [0.1, 0.15) is 18.9 Å². The third-order valence-corrected chi connectivity index (χ3v) is 2.72. The van der Waals surface area contributed by atoms with Crippen molar-refractivity contribution in [2.75, 3.05) is 26.4 Å². The lowest BCUT2D eigenvalue weighted by Gasteiger charge is -2.09. The molecule has 0 spiro atoms. The van der Waals surface area contributed by atoms with Crippen molar-refractivity contribution in [3.8, 4) is 5.75 Å². The second-order valence-corrected chi connectivity index (χ2v) is 4.39. The fourth-order valence-corrected chi connectivity index (χ4v) is 1.69. The highest BCUT2D eigenvalue weighted by Gasteiger charge is 2.01. The van der Waals surface area contributed by atoms with Crippen molar-refractivity contribution >= 4 is 29.9 Å². The van der Waals surface area contributed by atoms with Crippen LogP contribution in [0.5, 0.6) is 5.75 Å². The van der Waals surface area contributed by atoms with Crippen molar-refractivity contribution in [2.45, 2.75) is 19.9 Å². The van der Waals surface area contributed by atoms with Gasteiger partial charge in [0.2, 0.25) is 0 Å². The van der Waals surface area contributed by atoms with Gasteiger partial charge in [0.1, 0.15) is 12.4 Å². The molecule has 0 unspecified atom stereocenters. The molecule has 5 nitrogen and oxygen atoms in total. The summed E-state index contributed by atoms with van der Waals surface area (Å²) in [6.07, 6.45) is 2.62. The van der Waals surface area contributed by atoms with Gasteiger partial charge in [0, 0.05) is 25.3 Å². The van der Waals surface area contributed by atoms with Crippen LogP contribution < -0.4 is 15.8 Å². The van der Waals surface area contributed by atoms with Gasteiger partial charge in [-0.3, -0.25) is 0 Å². The molecule has 0 heterocycles. The zero-order valence-electron chi connectivity index (χ0n) is 13.1. The summed E-state index contributed by atoms with van der Waals surface area (Å²) in [7, 11) is 0. The van der Waals surface area contributed by atoms with Gasteiger partial charge in [-0.2, -0.15) is 0 Å². The van der Waals surface area contributed by atoms with E-state index in [0.29, 0.717) is 19.1 Å². The highest BCUT2D eigenvalue weighted by molar-refractivity contribution is 14.0. The number of para-hydroxylation sites is 1.